The Morgan fingerprint density at radius 2 is 2.00 bits per heavy atom. The zero-order valence-corrected chi connectivity index (χ0v) is 15.3. The van der Waals surface area contributed by atoms with Gasteiger partial charge in [0, 0.05) is 50.4 Å². The quantitative estimate of drug-likeness (QED) is 0.756. The van der Waals surface area contributed by atoms with Gasteiger partial charge in [0.1, 0.15) is 5.75 Å². The predicted molar refractivity (Wildman–Crippen MR) is 95.7 cm³/mol. The molecule has 1 saturated heterocycles. The monoisotopic (exact) mass is 351 g/mol. The number of hydrogen-bond donors (Lipinski definition) is 2. The number of amides is 1. The van der Waals surface area contributed by atoms with Crippen LogP contribution in [0.5, 0.6) is 5.75 Å². The Kier molecular flexibility index (Phi) is 7.01. The van der Waals surface area contributed by atoms with Crippen LogP contribution in [0, 0.1) is 12.8 Å². The van der Waals surface area contributed by atoms with E-state index in [1.807, 2.05) is 0 Å². The van der Waals surface area contributed by atoms with E-state index < -0.39 is 0 Å². The van der Waals surface area contributed by atoms with Gasteiger partial charge in [0.15, 0.2) is 0 Å². The van der Waals surface area contributed by atoms with E-state index in [0.29, 0.717) is 24.7 Å². The van der Waals surface area contributed by atoms with Gasteiger partial charge in [-0.2, -0.15) is 0 Å². The zero-order valence-electron chi connectivity index (χ0n) is 15.3. The summed E-state index contributed by atoms with van der Waals surface area (Å²) in [5, 5.41) is 12.4. The number of pyridine rings is 1. The lowest BCUT2D eigenvalue weighted by Gasteiger charge is -2.36. The SMILES string of the molecule is Cc1cc(O)cc(=O)n1CCC(=O)NC[C@@H](C(C)C)N1CCOCC1. The molecule has 7 heteroatoms. The van der Waals surface area contributed by atoms with E-state index in [1.165, 1.54) is 10.6 Å². The van der Waals surface area contributed by atoms with E-state index in [1.54, 1.807) is 6.92 Å². The van der Waals surface area contributed by atoms with Crippen LogP contribution in [0.25, 0.3) is 0 Å². The first-order chi connectivity index (χ1) is 11.9. The van der Waals surface area contributed by atoms with Crippen molar-refractivity contribution in [2.75, 3.05) is 32.8 Å². The third-order valence-electron chi connectivity index (χ3n) is 4.67. The minimum Gasteiger partial charge on any atom is -0.508 e. The summed E-state index contributed by atoms with van der Waals surface area (Å²) in [7, 11) is 0. The summed E-state index contributed by atoms with van der Waals surface area (Å²) in [6, 6.07) is 2.97. The van der Waals surface area contributed by atoms with Gasteiger partial charge in [-0.3, -0.25) is 14.5 Å². The van der Waals surface area contributed by atoms with Crippen molar-refractivity contribution < 1.29 is 14.6 Å². The fraction of sp³-hybridized carbons (Fsp3) is 0.667. The number of ether oxygens (including phenoxy) is 1. The lowest BCUT2D eigenvalue weighted by atomic mass is 10.0. The molecule has 0 aliphatic carbocycles. The summed E-state index contributed by atoms with van der Waals surface area (Å²) >= 11 is 0. The molecule has 1 aromatic rings. The van der Waals surface area contributed by atoms with Crippen molar-refractivity contribution in [3.63, 3.8) is 0 Å². The van der Waals surface area contributed by atoms with Crippen molar-refractivity contribution in [1.29, 1.82) is 0 Å². The molecule has 1 fully saturated rings. The highest BCUT2D eigenvalue weighted by molar-refractivity contribution is 5.75. The Bertz CT molecular complexity index is 636. The van der Waals surface area contributed by atoms with Gasteiger partial charge in [-0.1, -0.05) is 13.8 Å². The molecule has 1 atom stereocenters. The van der Waals surface area contributed by atoms with Crippen LogP contribution in [0.4, 0.5) is 0 Å². The first kappa shape index (κ1) is 19.5. The molecular weight excluding hydrogens is 322 g/mol. The second-order valence-corrected chi connectivity index (χ2v) is 6.86. The van der Waals surface area contributed by atoms with Crippen molar-refractivity contribution in [3.8, 4) is 5.75 Å². The molecule has 7 nitrogen and oxygen atoms in total. The smallest absolute Gasteiger partial charge is 0.254 e. The van der Waals surface area contributed by atoms with Crippen molar-refractivity contribution in [3.05, 3.63) is 28.2 Å². The number of carbonyl (C=O) groups excluding carboxylic acids is 1. The van der Waals surface area contributed by atoms with Gasteiger partial charge in [0.05, 0.1) is 13.2 Å². The molecule has 0 bridgehead atoms. The molecular formula is C18H29N3O4. The van der Waals surface area contributed by atoms with Crippen molar-refractivity contribution in [2.24, 2.45) is 5.92 Å². The number of nitrogens with one attached hydrogen (secondary N) is 1. The second kappa shape index (κ2) is 9.01. The molecule has 25 heavy (non-hydrogen) atoms. The molecule has 1 aliphatic rings. The standard InChI is InChI=1S/C18H29N3O4/c1-13(2)16(20-6-8-25-9-7-20)12-19-17(23)4-5-21-14(3)10-15(22)11-18(21)24/h10-11,13,16,22H,4-9,12H2,1-3H3,(H,19,23)/t16-/m0/s1. The van der Waals surface area contributed by atoms with Gasteiger partial charge in [-0.25, -0.2) is 0 Å². The minimum atomic E-state index is -0.293. The van der Waals surface area contributed by atoms with Gasteiger partial charge in [-0.15, -0.1) is 0 Å². The fourth-order valence-electron chi connectivity index (χ4n) is 3.21. The first-order valence-electron chi connectivity index (χ1n) is 8.87. The summed E-state index contributed by atoms with van der Waals surface area (Å²) in [5.41, 5.74) is 0.352. The number of hydrogen-bond acceptors (Lipinski definition) is 5. The van der Waals surface area contributed by atoms with Crippen LogP contribution in [-0.2, 0) is 16.1 Å². The summed E-state index contributed by atoms with van der Waals surface area (Å²) in [5.74, 6) is 0.312. The summed E-state index contributed by atoms with van der Waals surface area (Å²) in [4.78, 5) is 26.4. The zero-order chi connectivity index (χ0) is 18.4. The lowest BCUT2D eigenvalue weighted by molar-refractivity contribution is -0.121. The number of carbonyl (C=O) groups is 1. The highest BCUT2D eigenvalue weighted by Crippen LogP contribution is 2.12. The van der Waals surface area contributed by atoms with Crippen LogP contribution in [-0.4, -0.2) is 59.4 Å². The number of rotatable bonds is 7. The maximum Gasteiger partial charge on any atom is 0.254 e. The molecule has 1 aliphatic heterocycles. The molecule has 0 spiro atoms. The Hall–Kier alpha value is -1.86. The fourth-order valence-corrected chi connectivity index (χ4v) is 3.21. The van der Waals surface area contributed by atoms with Crippen molar-refractivity contribution in [1.82, 2.24) is 14.8 Å². The maximum atomic E-state index is 12.2. The minimum absolute atomic E-state index is 0.0477. The third kappa shape index (κ3) is 5.57. The number of morpholine rings is 1. The number of nitrogens with zero attached hydrogens (tertiary/aromatic N) is 2. The average Bonchev–Trinajstić information content (AvgIpc) is 2.54. The van der Waals surface area contributed by atoms with E-state index in [9.17, 15) is 14.7 Å². The highest BCUT2D eigenvalue weighted by atomic mass is 16.5. The molecule has 1 aromatic heterocycles. The Labute approximate surface area is 148 Å². The largest absolute Gasteiger partial charge is 0.508 e. The normalized spacial score (nSPS) is 16.8. The van der Waals surface area contributed by atoms with Gasteiger partial charge in [0.2, 0.25) is 5.91 Å². The molecule has 2 rings (SSSR count). The third-order valence-corrected chi connectivity index (χ3v) is 4.67. The van der Waals surface area contributed by atoms with Crippen LogP contribution >= 0.6 is 0 Å². The van der Waals surface area contributed by atoms with Crippen molar-refractivity contribution >= 4 is 5.91 Å². The van der Waals surface area contributed by atoms with Crippen LogP contribution < -0.4 is 10.9 Å². The topological polar surface area (TPSA) is 83.8 Å². The van der Waals surface area contributed by atoms with Gasteiger partial charge in [-0.05, 0) is 18.9 Å². The Morgan fingerprint density at radius 1 is 1.32 bits per heavy atom. The number of aromatic nitrogens is 1. The molecule has 2 heterocycles. The molecule has 0 saturated carbocycles. The van der Waals surface area contributed by atoms with E-state index >= 15 is 0 Å². The number of aromatic hydroxyl groups is 1. The van der Waals surface area contributed by atoms with Gasteiger partial charge >= 0.3 is 0 Å². The summed E-state index contributed by atoms with van der Waals surface area (Å²) in [6.07, 6.45) is 0.236. The molecule has 140 valence electrons. The van der Waals surface area contributed by atoms with E-state index in [0.717, 1.165) is 32.4 Å². The van der Waals surface area contributed by atoms with Gasteiger partial charge in [0.25, 0.3) is 5.56 Å². The average molecular weight is 351 g/mol. The molecule has 0 radical (unpaired) electrons. The first-order valence-corrected chi connectivity index (χ1v) is 8.87. The van der Waals surface area contributed by atoms with Crippen molar-refractivity contribution in [2.45, 2.75) is 39.8 Å². The molecule has 1 amide bonds. The van der Waals surface area contributed by atoms with E-state index in [-0.39, 0.29) is 29.7 Å². The molecule has 0 aromatic carbocycles. The highest BCUT2D eigenvalue weighted by Gasteiger charge is 2.24. The van der Waals surface area contributed by atoms with Crippen LogP contribution in [0.3, 0.4) is 0 Å². The second-order valence-electron chi connectivity index (χ2n) is 6.86. The van der Waals surface area contributed by atoms with Crippen LogP contribution in [0.2, 0.25) is 0 Å². The predicted octanol–water partition coefficient (Wildman–Crippen LogP) is 0.725. The van der Waals surface area contributed by atoms with Crippen LogP contribution in [0.1, 0.15) is 26.0 Å². The molecule has 2 N–H and O–H groups in total. The van der Waals surface area contributed by atoms with Gasteiger partial charge < -0.3 is 19.7 Å². The summed E-state index contributed by atoms with van der Waals surface area (Å²) in [6.45, 7) is 10.2. The maximum absolute atomic E-state index is 12.2. The van der Waals surface area contributed by atoms with E-state index in [4.69, 9.17) is 4.74 Å². The summed E-state index contributed by atoms with van der Waals surface area (Å²) < 4.78 is 6.90. The van der Waals surface area contributed by atoms with E-state index in [2.05, 4.69) is 24.1 Å². The Morgan fingerprint density at radius 3 is 2.60 bits per heavy atom. The Balaban J connectivity index is 1.86. The van der Waals surface area contributed by atoms with Crippen LogP contribution in [0.15, 0.2) is 16.9 Å². The molecule has 0 unspecified atom stereocenters. The lowest BCUT2D eigenvalue weighted by Crippen LogP contribution is -2.51. The number of aryl methyl sites for hydroxylation is 1.